The molecule has 0 saturated carbocycles. The third kappa shape index (κ3) is 0.924. The molecule has 0 amide bonds. The minimum atomic E-state index is -0.111. The van der Waals surface area contributed by atoms with Gasteiger partial charge in [0.05, 0.1) is 0 Å². The molecule has 3 heteroatoms. The van der Waals surface area contributed by atoms with Gasteiger partial charge in [-0.1, -0.05) is 11.6 Å². The smallest absolute Gasteiger partial charge is 0.177 e. The van der Waals surface area contributed by atoms with Gasteiger partial charge >= 0.3 is 0 Å². The monoisotopic (exact) mass is 118 g/mol. The summed E-state index contributed by atoms with van der Waals surface area (Å²) < 4.78 is 0. The largest absolute Gasteiger partial charge is 0.267 e. The number of rotatable bonds is 0. The summed E-state index contributed by atoms with van der Waals surface area (Å²) in [7, 11) is 1.94. The van der Waals surface area contributed by atoms with E-state index in [0.717, 1.165) is 6.54 Å². The molecule has 0 saturated heterocycles. The number of aliphatic imine (C=N–C) groups is 1. The van der Waals surface area contributed by atoms with Gasteiger partial charge in [-0.2, -0.15) is 0 Å². The zero-order valence-electron chi connectivity index (χ0n) is 4.13. The van der Waals surface area contributed by atoms with Gasteiger partial charge in [-0.05, 0) is 7.05 Å². The van der Waals surface area contributed by atoms with Crippen LogP contribution in [0.3, 0.4) is 0 Å². The average Bonchev–Trinajstić information content (AvgIpc) is 1.91. The summed E-state index contributed by atoms with van der Waals surface area (Å²) in [5.41, 5.74) is -0.111. The Morgan fingerprint density at radius 2 is 2.71 bits per heavy atom. The Balaban J connectivity index is 2.45. The Kier molecular flexibility index (Phi) is 1.30. The molecule has 0 aromatic carbocycles. The fraction of sp³-hybridized carbons (Fsp3) is 0.750. The van der Waals surface area contributed by atoms with Crippen molar-refractivity contribution in [2.24, 2.45) is 4.99 Å². The molecule has 0 fully saturated rings. The van der Waals surface area contributed by atoms with Crippen molar-refractivity contribution in [3.63, 3.8) is 0 Å². The van der Waals surface area contributed by atoms with Gasteiger partial charge in [0, 0.05) is 12.8 Å². The molecule has 0 N–H and O–H groups in total. The summed E-state index contributed by atoms with van der Waals surface area (Å²) in [6.07, 6.45) is 1.82. The summed E-state index contributed by atoms with van der Waals surface area (Å²) in [6.45, 7) is 0.883. The van der Waals surface area contributed by atoms with Gasteiger partial charge in [-0.25, -0.2) is 0 Å². The van der Waals surface area contributed by atoms with Crippen molar-refractivity contribution in [2.45, 2.75) is 5.62 Å². The first kappa shape index (κ1) is 5.06. The van der Waals surface area contributed by atoms with Crippen LogP contribution in [0.5, 0.6) is 0 Å². The van der Waals surface area contributed by atoms with E-state index in [4.69, 9.17) is 11.6 Å². The first-order chi connectivity index (χ1) is 3.30. The first-order valence-electron chi connectivity index (χ1n) is 2.16. The lowest BCUT2D eigenvalue weighted by Gasteiger charge is -2.07. The molecule has 1 heterocycles. The van der Waals surface area contributed by atoms with E-state index in [-0.39, 0.29) is 5.62 Å². The summed E-state index contributed by atoms with van der Waals surface area (Å²) in [6, 6.07) is 0. The number of hydrogen-bond acceptors (Lipinski definition) is 2. The van der Waals surface area contributed by atoms with Gasteiger partial charge in [0.1, 0.15) is 0 Å². The molecular weight excluding hydrogens is 112 g/mol. The van der Waals surface area contributed by atoms with Crippen LogP contribution in [0.2, 0.25) is 0 Å². The van der Waals surface area contributed by atoms with Crippen molar-refractivity contribution >= 4 is 17.8 Å². The van der Waals surface area contributed by atoms with Crippen molar-refractivity contribution < 1.29 is 0 Å². The van der Waals surface area contributed by atoms with Crippen LogP contribution in [0.1, 0.15) is 0 Å². The SMILES string of the molecule is CN1CC=NC1Cl. The predicted octanol–water partition coefficient (Wildman–Crippen LogP) is 0.525. The van der Waals surface area contributed by atoms with E-state index in [9.17, 15) is 0 Å². The predicted molar refractivity (Wildman–Crippen MR) is 30.8 cm³/mol. The average molecular weight is 119 g/mol. The molecular formula is C4H7ClN2. The minimum absolute atomic E-state index is 0.111. The van der Waals surface area contributed by atoms with Gasteiger partial charge in [-0.15, -0.1) is 0 Å². The minimum Gasteiger partial charge on any atom is -0.267 e. The van der Waals surface area contributed by atoms with Crippen LogP contribution in [0.4, 0.5) is 0 Å². The van der Waals surface area contributed by atoms with Crippen LogP contribution in [0, 0.1) is 0 Å². The highest BCUT2D eigenvalue weighted by Crippen LogP contribution is 2.05. The van der Waals surface area contributed by atoms with E-state index < -0.39 is 0 Å². The molecule has 0 bridgehead atoms. The lowest BCUT2D eigenvalue weighted by molar-refractivity contribution is 0.386. The van der Waals surface area contributed by atoms with Crippen LogP contribution < -0.4 is 0 Å². The van der Waals surface area contributed by atoms with Gasteiger partial charge in [0.25, 0.3) is 0 Å². The molecule has 0 aromatic heterocycles. The second kappa shape index (κ2) is 1.80. The number of nitrogens with zero attached hydrogens (tertiary/aromatic N) is 2. The molecule has 0 spiro atoms. The molecule has 0 aromatic rings. The highest BCUT2D eigenvalue weighted by Gasteiger charge is 2.11. The van der Waals surface area contributed by atoms with Crippen LogP contribution in [-0.2, 0) is 0 Å². The second-order valence-electron chi connectivity index (χ2n) is 1.58. The molecule has 0 aliphatic carbocycles. The van der Waals surface area contributed by atoms with Gasteiger partial charge in [-0.3, -0.25) is 9.89 Å². The van der Waals surface area contributed by atoms with E-state index in [0.29, 0.717) is 0 Å². The third-order valence-corrected chi connectivity index (χ3v) is 1.41. The molecule has 0 radical (unpaired) electrons. The van der Waals surface area contributed by atoms with E-state index in [1.165, 1.54) is 0 Å². The van der Waals surface area contributed by atoms with Crippen molar-refractivity contribution in [3.05, 3.63) is 0 Å². The Hall–Kier alpha value is -0.0800. The summed E-state index contributed by atoms with van der Waals surface area (Å²) >= 11 is 5.59. The molecule has 1 atom stereocenters. The number of halogens is 1. The van der Waals surface area contributed by atoms with Crippen LogP contribution in [-0.4, -0.2) is 30.3 Å². The van der Waals surface area contributed by atoms with Gasteiger partial charge < -0.3 is 0 Å². The fourth-order valence-corrected chi connectivity index (χ4v) is 0.623. The first-order valence-corrected chi connectivity index (χ1v) is 2.60. The van der Waals surface area contributed by atoms with Gasteiger partial charge in [0.15, 0.2) is 5.62 Å². The van der Waals surface area contributed by atoms with E-state index >= 15 is 0 Å². The van der Waals surface area contributed by atoms with Crippen molar-refractivity contribution in [1.29, 1.82) is 0 Å². The quantitative estimate of drug-likeness (QED) is 0.335. The Morgan fingerprint density at radius 3 is 2.86 bits per heavy atom. The molecule has 1 aliphatic heterocycles. The normalized spacial score (nSPS) is 32.0. The maximum absolute atomic E-state index is 5.59. The lowest BCUT2D eigenvalue weighted by Crippen LogP contribution is -2.20. The highest BCUT2D eigenvalue weighted by atomic mass is 35.5. The lowest BCUT2D eigenvalue weighted by atomic mass is 10.7. The fourth-order valence-electron chi connectivity index (χ4n) is 0.464. The van der Waals surface area contributed by atoms with E-state index in [1.54, 1.807) is 0 Å². The van der Waals surface area contributed by atoms with E-state index in [2.05, 4.69) is 4.99 Å². The zero-order chi connectivity index (χ0) is 5.28. The molecule has 40 valence electrons. The van der Waals surface area contributed by atoms with E-state index in [1.807, 2.05) is 18.2 Å². The topological polar surface area (TPSA) is 15.6 Å². The Bertz CT molecular complexity index is 91.7. The number of hydrogen-bond donors (Lipinski definition) is 0. The standard InChI is InChI=1S/C4H7ClN2/c1-7-3-2-6-4(7)5/h2,4H,3H2,1H3. The highest BCUT2D eigenvalue weighted by molar-refractivity contribution is 6.20. The molecule has 1 rings (SSSR count). The second-order valence-corrected chi connectivity index (χ2v) is 1.97. The van der Waals surface area contributed by atoms with Crippen molar-refractivity contribution in [3.8, 4) is 0 Å². The molecule has 1 unspecified atom stereocenters. The number of alkyl halides is 1. The Morgan fingerprint density at radius 1 is 2.00 bits per heavy atom. The maximum Gasteiger partial charge on any atom is 0.177 e. The maximum atomic E-state index is 5.59. The van der Waals surface area contributed by atoms with Crippen molar-refractivity contribution in [1.82, 2.24) is 4.90 Å². The van der Waals surface area contributed by atoms with Crippen molar-refractivity contribution in [2.75, 3.05) is 13.6 Å². The molecule has 1 aliphatic rings. The molecule has 2 nitrogen and oxygen atoms in total. The zero-order valence-corrected chi connectivity index (χ0v) is 4.89. The summed E-state index contributed by atoms with van der Waals surface area (Å²) in [4.78, 5) is 5.83. The van der Waals surface area contributed by atoms with Gasteiger partial charge in [0.2, 0.25) is 0 Å². The molecule has 7 heavy (non-hydrogen) atoms. The Labute approximate surface area is 47.8 Å². The summed E-state index contributed by atoms with van der Waals surface area (Å²) in [5.74, 6) is 0. The third-order valence-electron chi connectivity index (χ3n) is 0.962. The van der Waals surface area contributed by atoms with Crippen LogP contribution in [0.15, 0.2) is 4.99 Å². The van der Waals surface area contributed by atoms with Crippen LogP contribution in [0.25, 0.3) is 0 Å². The van der Waals surface area contributed by atoms with Crippen LogP contribution >= 0.6 is 11.6 Å². The summed E-state index contributed by atoms with van der Waals surface area (Å²) in [5, 5.41) is 0.